The molecule has 4 nitrogen and oxygen atoms in total. The Labute approximate surface area is 89.3 Å². The zero-order valence-corrected chi connectivity index (χ0v) is 9.36. The van der Waals surface area contributed by atoms with Crippen LogP contribution in [-0.2, 0) is 9.59 Å². The number of carbonyl (C=O) groups excluding carboxylic acids is 1. The molecule has 1 saturated carbocycles. The predicted octanol–water partition coefficient (Wildman–Crippen LogP) is 1.11. The highest BCUT2D eigenvalue weighted by Gasteiger charge is 2.57. The van der Waals surface area contributed by atoms with Gasteiger partial charge in [-0.3, -0.25) is 4.79 Å². The number of carbonyl (C=O) groups is 2. The van der Waals surface area contributed by atoms with Crippen LogP contribution in [0.4, 0.5) is 0 Å². The van der Waals surface area contributed by atoms with E-state index < -0.39 is 17.4 Å². The van der Waals surface area contributed by atoms with E-state index in [1.807, 2.05) is 20.8 Å². The van der Waals surface area contributed by atoms with Crippen LogP contribution in [0.5, 0.6) is 0 Å². The molecule has 4 heteroatoms. The van der Waals surface area contributed by atoms with Crippen LogP contribution in [0.2, 0.25) is 0 Å². The molecule has 1 amide bonds. The van der Waals surface area contributed by atoms with Gasteiger partial charge in [0.1, 0.15) is 6.04 Å². The normalized spacial score (nSPS) is 33.8. The largest absolute Gasteiger partial charge is 0.480 e. The molecule has 0 radical (unpaired) electrons. The van der Waals surface area contributed by atoms with Gasteiger partial charge in [-0.1, -0.05) is 20.8 Å². The highest BCUT2D eigenvalue weighted by Crippen LogP contribution is 2.47. The second-order valence-electron chi connectivity index (χ2n) is 5.63. The van der Waals surface area contributed by atoms with Crippen LogP contribution in [0.1, 0.15) is 33.6 Å². The fourth-order valence-electron chi connectivity index (χ4n) is 2.57. The van der Waals surface area contributed by atoms with Gasteiger partial charge >= 0.3 is 5.97 Å². The van der Waals surface area contributed by atoms with E-state index in [2.05, 4.69) is 0 Å². The van der Waals surface area contributed by atoms with E-state index in [1.165, 1.54) is 0 Å². The Morgan fingerprint density at radius 1 is 1.27 bits per heavy atom. The van der Waals surface area contributed by atoms with E-state index in [9.17, 15) is 9.59 Å². The summed E-state index contributed by atoms with van der Waals surface area (Å²) in [6.45, 7) is 5.51. The summed E-state index contributed by atoms with van der Waals surface area (Å²) < 4.78 is 0. The molecule has 2 heterocycles. The highest BCUT2D eigenvalue weighted by molar-refractivity contribution is 5.88. The van der Waals surface area contributed by atoms with Gasteiger partial charge in [-0.15, -0.1) is 0 Å². The van der Waals surface area contributed by atoms with Crippen molar-refractivity contribution in [3.8, 4) is 0 Å². The third-order valence-corrected chi connectivity index (χ3v) is 3.42. The second-order valence-corrected chi connectivity index (χ2v) is 5.63. The first-order chi connectivity index (χ1) is 6.82. The molecule has 15 heavy (non-hydrogen) atoms. The van der Waals surface area contributed by atoms with Gasteiger partial charge in [0.05, 0.1) is 0 Å². The van der Waals surface area contributed by atoms with E-state index in [-0.39, 0.29) is 17.9 Å². The molecule has 0 aromatic rings. The van der Waals surface area contributed by atoms with Gasteiger partial charge in [0.2, 0.25) is 5.91 Å². The van der Waals surface area contributed by atoms with Crippen molar-refractivity contribution in [2.24, 2.45) is 11.3 Å². The van der Waals surface area contributed by atoms with Crippen LogP contribution >= 0.6 is 0 Å². The number of rotatable bonds is 1. The maximum Gasteiger partial charge on any atom is 0.326 e. The molecule has 3 rings (SSSR count). The first-order valence-electron chi connectivity index (χ1n) is 5.38. The Bertz CT molecular complexity index is 312. The fourth-order valence-corrected chi connectivity index (χ4v) is 2.57. The quantitative estimate of drug-likeness (QED) is 0.706. The first kappa shape index (κ1) is 10.5. The minimum Gasteiger partial charge on any atom is -0.480 e. The number of hydrogen-bond acceptors (Lipinski definition) is 2. The van der Waals surface area contributed by atoms with Gasteiger partial charge in [-0.05, 0) is 18.8 Å². The average molecular weight is 211 g/mol. The van der Waals surface area contributed by atoms with Gasteiger partial charge in [0, 0.05) is 11.5 Å². The molecular weight excluding hydrogens is 194 g/mol. The second kappa shape index (κ2) is 2.97. The molecule has 1 atom stereocenters. The van der Waals surface area contributed by atoms with E-state index in [1.54, 1.807) is 4.90 Å². The summed E-state index contributed by atoms with van der Waals surface area (Å²) in [6.07, 6.45) is 1.75. The lowest BCUT2D eigenvalue weighted by Gasteiger charge is -2.31. The number of carboxylic acid groups (broad SMARTS) is 1. The lowest BCUT2D eigenvalue weighted by molar-refractivity contribution is -0.152. The first-order valence-corrected chi connectivity index (χ1v) is 5.38. The molecule has 1 unspecified atom stereocenters. The molecule has 0 aromatic carbocycles. The van der Waals surface area contributed by atoms with E-state index >= 15 is 0 Å². The summed E-state index contributed by atoms with van der Waals surface area (Å²) in [5, 5.41) is 9.10. The maximum atomic E-state index is 12.1. The van der Waals surface area contributed by atoms with Crippen LogP contribution < -0.4 is 0 Å². The van der Waals surface area contributed by atoms with Crippen LogP contribution in [0.3, 0.4) is 0 Å². The van der Waals surface area contributed by atoms with E-state index in [4.69, 9.17) is 5.11 Å². The summed E-state index contributed by atoms with van der Waals surface area (Å²) in [6, 6.07) is -0.385. The van der Waals surface area contributed by atoms with Gasteiger partial charge in [0.15, 0.2) is 0 Å². The monoisotopic (exact) mass is 211 g/mol. The maximum absolute atomic E-state index is 12.1. The molecule has 3 fully saturated rings. The van der Waals surface area contributed by atoms with Crippen molar-refractivity contribution in [1.29, 1.82) is 0 Å². The molecule has 0 aromatic heterocycles. The molecule has 1 aliphatic carbocycles. The molecule has 1 N–H and O–H groups in total. The third kappa shape index (κ3) is 1.43. The summed E-state index contributed by atoms with van der Waals surface area (Å²) in [4.78, 5) is 24.8. The minimum atomic E-state index is -0.849. The lowest BCUT2D eigenvalue weighted by atomic mass is 9.83. The van der Waals surface area contributed by atoms with E-state index in [0.717, 1.165) is 12.8 Å². The summed E-state index contributed by atoms with van der Waals surface area (Å²) in [5.74, 6) is -0.684. The topological polar surface area (TPSA) is 57.6 Å². The average Bonchev–Trinajstić information content (AvgIpc) is 2.51. The van der Waals surface area contributed by atoms with Gasteiger partial charge in [-0.25, -0.2) is 4.79 Å². The summed E-state index contributed by atoms with van der Waals surface area (Å²) in [5.41, 5.74) is -0.481. The number of carboxylic acids is 1. The third-order valence-electron chi connectivity index (χ3n) is 3.42. The Hall–Kier alpha value is -1.06. The van der Waals surface area contributed by atoms with Crippen LogP contribution in [-0.4, -0.2) is 34.0 Å². The SMILES string of the molecule is CC(C)(C)C(=O)N1C2CC(C2)C1C(=O)O. The van der Waals surface area contributed by atoms with Gasteiger partial charge in [0.25, 0.3) is 0 Å². The van der Waals surface area contributed by atoms with Gasteiger partial charge < -0.3 is 10.0 Å². The Morgan fingerprint density at radius 2 is 1.80 bits per heavy atom. The molecule has 2 bridgehead atoms. The highest BCUT2D eigenvalue weighted by atomic mass is 16.4. The summed E-state index contributed by atoms with van der Waals surface area (Å²) in [7, 11) is 0. The lowest BCUT2D eigenvalue weighted by Crippen LogP contribution is -2.46. The fraction of sp³-hybridized carbons (Fsp3) is 0.818. The molecule has 84 valence electrons. The molecule has 2 saturated heterocycles. The van der Waals surface area contributed by atoms with E-state index in [0.29, 0.717) is 0 Å². The summed E-state index contributed by atoms with van der Waals surface area (Å²) >= 11 is 0. The Kier molecular flexibility index (Phi) is 2.07. The zero-order chi connectivity index (χ0) is 11.4. The standard InChI is InChI=1S/C11H17NO3/c1-11(2,3)10(15)12-7-4-6(5-7)8(12)9(13)14/h6-8H,4-5H2,1-3H3,(H,13,14). The zero-order valence-electron chi connectivity index (χ0n) is 9.36. The molecule has 0 spiro atoms. The van der Waals surface area contributed by atoms with Crippen molar-refractivity contribution in [3.63, 3.8) is 0 Å². The van der Waals surface area contributed by atoms with Crippen LogP contribution in [0.25, 0.3) is 0 Å². The predicted molar refractivity (Wildman–Crippen MR) is 54.2 cm³/mol. The Balaban J connectivity index is 2.22. The van der Waals surface area contributed by atoms with Crippen LogP contribution in [0.15, 0.2) is 0 Å². The van der Waals surface area contributed by atoms with Crippen LogP contribution in [0, 0.1) is 11.3 Å². The van der Waals surface area contributed by atoms with Crippen molar-refractivity contribution in [3.05, 3.63) is 0 Å². The smallest absolute Gasteiger partial charge is 0.326 e. The van der Waals surface area contributed by atoms with Crippen molar-refractivity contribution in [2.75, 3.05) is 0 Å². The van der Waals surface area contributed by atoms with Crippen molar-refractivity contribution in [2.45, 2.75) is 45.7 Å². The van der Waals surface area contributed by atoms with Crippen molar-refractivity contribution >= 4 is 11.9 Å². The van der Waals surface area contributed by atoms with Crippen molar-refractivity contribution in [1.82, 2.24) is 4.90 Å². The number of hydrogen-bond donors (Lipinski definition) is 1. The number of nitrogens with zero attached hydrogens (tertiary/aromatic N) is 1. The Morgan fingerprint density at radius 3 is 2.20 bits per heavy atom. The molecular formula is C11H17NO3. The number of amides is 1. The number of aliphatic carboxylic acids is 1. The number of fused-ring (bicyclic) bond motifs is 1. The van der Waals surface area contributed by atoms with Gasteiger partial charge in [-0.2, -0.15) is 0 Å². The minimum absolute atomic E-state index is 0.0279. The molecule has 2 aliphatic heterocycles. The molecule has 3 aliphatic rings. The van der Waals surface area contributed by atoms with Crippen molar-refractivity contribution < 1.29 is 14.7 Å².